The van der Waals surface area contributed by atoms with Crippen LogP contribution in [0.2, 0.25) is 0 Å². The summed E-state index contributed by atoms with van der Waals surface area (Å²) >= 11 is 2.24. The third-order valence-electron chi connectivity index (χ3n) is 3.07. The van der Waals surface area contributed by atoms with Crippen LogP contribution in [0.3, 0.4) is 0 Å². The third kappa shape index (κ3) is 0.992. The van der Waals surface area contributed by atoms with Gasteiger partial charge in [-0.3, -0.25) is 0 Å². The van der Waals surface area contributed by atoms with Crippen molar-refractivity contribution in [3.8, 4) is 0 Å². The van der Waals surface area contributed by atoms with E-state index in [0.29, 0.717) is 5.92 Å². The van der Waals surface area contributed by atoms with Gasteiger partial charge in [-0.15, -0.1) is 0 Å². The molecule has 0 saturated heterocycles. The first-order valence-corrected chi connectivity index (χ1v) is 4.48. The molecule has 1 aliphatic carbocycles. The predicted octanol–water partition coefficient (Wildman–Crippen LogP) is 2.70. The Morgan fingerprint density at radius 3 is 2.58 bits per heavy atom. The Morgan fingerprint density at radius 2 is 1.92 bits per heavy atom. The molecule has 1 unspecified atom stereocenters. The van der Waals surface area contributed by atoms with Crippen molar-refractivity contribution in [2.75, 3.05) is 0 Å². The zero-order valence-corrected chi connectivity index (χ0v) is 7.89. The second kappa shape index (κ2) is 2.80. The monoisotopic (exact) mass is 150 g/mol. The van der Waals surface area contributed by atoms with Crippen molar-refractivity contribution >= 4 is 23.3 Å². The molecule has 0 heterocycles. The van der Waals surface area contributed by atoms with Gasteiger partial charge in [0.25, 0.3) is 0 Å². The number of allylic oxidation sites excluding steroid dienone is 2. The van der Waals surface area contributed by atoms with E-state index < -0.39 is 0 Å². The number of hydrogen-bond donors (Lipinski definition) is 0. The van der Waals surface area contributed by atoms with E-state index in [0.717, 1.165) is 0 Å². The van der Waals surface area contributed by atoms with Crippen LogP contribution in [0.25, 0.3) is 5.57 Å². The molecule has 2 rings (SSSR count). The minimum atomic E-state index is 0.626. The Bertz CT molecular complexity index is 350. The van der Waals surface area contributed by atoms with E-state index in [9.17, 15) is 0 Å². The van der Waals surface area contributed by atoms with E-state index in [1.807, 2.05) is 0 Å². The normalized spacial score (nSPS) is 21.5. The SMILES string of the molecule is [Li][C]1=C(C)c2ccccc2C1C. The van der Waals surface area contributed by atoms with Crippen LogP contribution in [0.1, 0.15) is 30.9 Å². The summed E-state index contributed by atoms with van der Waals surface area (Å²) in [5.74, 6) is 0.626. The predicted molar refractivity (Wildman–Crippen MR) is 53.2 cm³/mol. The van der Waals surface area contributed by atoms with Crippen LogP contribution in [0.4, 0.5) is 0 Å². The summed E-state index contributed by atoms with van der Waals surface area (Å²) in [6.45, 7) is 4.50. The Kier molecular flexibility index (Phi) is 1.91. The second-order valence-electron chi connectivity index (χ2n) is 3.62. The fourth-order valence-electron chi connectivity index (χ4n) is 1.99. The van der Waals surface area contributed by atoms with Crippen LogP contribution in [-0.2, 0) is 0 Å². The van der Waals surface area contributed by atoms with E-state index >= 15 is 0 Å². The molecule has 0 bridgehead atoms. The summed E-state index contributed by atoms with van der Waals surface area (Å²) < 4.78 is 1.52. The summed E-state index contributed by atoms with van der Waals surface area (Å²) in [4.78, 5) is 0. The quantitative estimate of drug-likeness (QED) is 0.499. The van der Waals surface area contributed by atoms with Crippen LogP contribution < -0.4 is 0 Å². The minimum absolute atomic E-state index is 0.626. The molecule has 0 N–H and O–H groups in total. The van der Waals surface area contributed by atoms with Crippen molar-refractivity contribution in [3.05, 3.63) is 39.6 Å². The zero-order valence-electron chi connectivity index (χ0n) is 7.89. The number of rotatable bonds is 0. The average Bonchev–Trinajstić information content (AvgIpc) is 2.33. The molecule has 1 aromatic rings. The molecule has 0 spiro atoms. The van der Waals surface area contributed by atoms with E-state index in [1.54, 1.807) is 0 Å². The summed E-state index contributed by atoms with van der Waals surface area (Å²) in [6, 6.07) is 8.70. The fourth-order valence-corrected chi connectivity index (χ4v) is 1.99. The molecular formula is C11H11Li. The second-order valence-corrected chi connectivity index (χ2v) is 3.62. The maximum atomic E-state index is 2.28. The van der Waals surface area contributed by atoms with Crippen molar-refractivity contribution < 1.29 is 0 Å². The van der Waals surface area contributed by atoms with E-state index in [2.05, 4.69) is 55.8 Å². The molecule has 56 valence electrons. The van der Waals surface area contributed by atoms with Gasteiger partial charge in [0, 0.05) is 0 Å². The van der Waals surface area contributed by atoms with Crippen LogP contribution in [-0.4, -0.2) is 17.7 Å². The first-order chi connectivity index (χ1) is 5.72. The van der Waals surface area contributed by atoms with Gasteiger partial charge in [0.2, 0.25) is 0 Å². The van der Waals surface area contributed by atoms with Gasteiger partial charge >= 0.3 is 82.7 Å². The molecule has 0 nitrogen and oxygen atoms in total. The first kappa shape index (κ1) is 8.17. The van der Waals surface area contributed by atoms with Gasteiger partial charge in [0.1, 0.15) is 0 Å². The molecule has 1 aromatic carbocycles. The number of fused-ring (bicyclic) bond motifs is 1. The first-order valence-electron chi connectivity index (χ1n) is 4.48. The van der Waals surface area contributed by atoms with E-state index in [1.165, 1.54) is 20.9 Å². The molecule has 0 amide bonds. The number of hydrogen-bond acceptors (Lipinski definition) is 0. The summed E-state index contributed by atoms with van der Waals surface area (Å²) in [6.07, 6.45) is 0. The van der Waals surface area contributed by atoms with Crippen LogP contribution in [0, 0.1) is 0 Å². The molecule has 1 aliphatic rings. The summed E-state index contributed by atoms with van der Waals surface area (Å²) in [5.41, 5.74) is 4.41. The Balaban J connectivity index is 2.65. The van der Waals surface area contributed by atoms with Crippen molar-refractivity contribution in [2.24, 2.45) is 0 Å². The Labute approximate surface area is 82.9 Å². The van der Waals surface area contributed by atoms with Crippen LogP contribution in [0.5, 0.6) is 0 Å². The maximum absolute atomic E-state index is 2.28. The Hall–Kier alpha value is -0.443. The molecule has 1 atom stereocenters. The molecule has 12 heavy (non-hydrogen) atoms. The summed E-state index contributed by atoms with van der Waals surface area (Å²) in [5, 5.41) is 0. The average molecular weight is 150 g/mol. The van der Waals surface area contributed by atoms with Gasteiger partial charge in [0.15, 0.2) is 0 Å². The molecule has 0 fully saturated rings. The van der Waals surface area contributed by atoms with Crippen LogP contribution in [0.15, 0.2) is 28.5 Å². The Morgan fingerprint density at radius 1 is 1.25 bits per heavy atom. The van der Waals surface area contributed by atoms with E-state index in [4.69, 9.17) is 0 Å². The van der Waals surface area contributed by atoms with Gasteiger partial charge in [-0.2, -0.15) is 0 Å². The van der Waals surface area contributed by atoms with Crippen molar-refractivity contribution in [2.45, 2.75) is 19.8 Å². The third-order valence-corrected chi connectivity index (χ3v) is 3.07. The van der Waals surface area contributed by atoms with Crippen molar-refractivity contribution in [3.63, 3.8) is 0 Å². The molecule has 0 radical (unpaired) electrons. The fraction of sp³-hybridized carbons (Fsp3) is 0.273. The van der Waals surface area contributed by atoms with Gasteiger partial charge in [-0.05, 0) is 0 Å². The van der Waals surface area contributed by atoms with Gasteiger partial charge in [0.05, 0.1) is 0 Å². The van der Waals surface area contributed by atoms with Crippen molar-refractivity contribution in [1.82, 2.24) is 0 Å². The number of benzene rings is 1. The molecule has 0 aliphatic heterocycles. The molecular weight excluding hydrogens is 139 g/mol. The van der Waals surface area contributed by atoms with Gasteiger partial charge in [-0.1, -0.05) is 0 Å². The molecule has 0 saturated carbocycles. The standard InChI is InChI=1S/C11H11.Li/c1-8-7-9(2)11-6-4-3-5-10(8)11;/h3-6,8H,1-2H3;. The zero-order chi connectivity index (χ0) is 8.72. The van der Waals surface area contributed by atoms with Gasteiger partial charge in [-0.25, -0.2) is 0 Å². The summed E-state index contributed by atoms with van der Waals surface area (Å²) in [7, 11) is 0. The molecule has 0 aromatic heterocycles. The van der Waals surface area contributed by atoms with E-state index in [-0.39, 0.29) is 0 Å². The van der Waals surface area contributed by atoms with Crippen molar-refractivity contribution in [1.29, 1.82) is 0 Å². The molecule has 1 heteroatoms. The topological polar surface area (TPSA) is 0 Å². The van der Waals surface area contributed by atoms with Gasteiger partial charge < -0.3 is 0 Å². The van der Waals surface area contributed by atoms with Crippen LogP contribution >= 0.6 is 0 Å².